The first-order valence-electron chi connectivity index (χ1n) is 17.9. The quantitative estimate of drug-likeness (QED) is 0.0426. The second kappa shape index (κ2) is 25.0. The Bertz CT molecular complexity index is 1470. The predicted molar refractivity (Wildman–Crippen MR) is 209 cm³/mol. The highest BCUT2D eigenvalue weighted by Crippen LogP contribution is 2.33. The molecule has 0 atom stereocenters. The molecule has 2 aromatic rings. The third-order valence-electron chi connectivity index (χ3n) is 7.88. The van der Waals surface area contributed by atoms with Crippen molar-refractivity contribution in [3.05, 3.63) is 131 Å². The van der Waals surface area contributed by atoms with Gasteiger partial charge in [0.15, 0.2) is 0 Å². The number of ether oxygens (including phenoxy) is 1. The molecule has 0 heterocycles. The molecule has 0 radical (unpaired) electrons. The monoisotopic (exact) mass is 684 g/mol. The van der Waals surface area contributed by atoms with E-state index < -0.39 is 5.97 Å². The molecule has 2 aromatic carbocycles. The lowest BCUT2D eigenvalue weighted by molar-refractivity contribution is -0.129. The molecule has 264 valence electrons. The Kier molecular flexibility index (Phi) is 21.0. The van der Waals surface area contributed by atoms with E-state index in [1.165, 1.54) is 38.2 Å². The lowest BCUT2D eigenvalue weighted by Crippen LogP contribution is -2.07. The number of hydrogen-bond donors (Lipinski definition) is 2. The van der Waals surface area contributed by atoms with Gasteiger partial charge in [-0.15, -0.1) is 0 Å². The van der Waals surface area contributed by atoms with Crippen LogP contribution >= 0.6 is 11.6 Å². The van der Waals surface area contributed by atoms with E-state index in [1.807, 2.05) is 79.0 Å². The summed E-state index contributed by atoms with van der Waals surface area (Å²) in [6, 6.07) is 8.86. The molecule has 5 heteroatoms. The van der Waals surface area contributed by atoms with Crippen molar-refractivity contribution in [3.8, 4) is 17.2 Å². The minimum Gasteiger partial charge on any atom is -0.508 e. The zero-order valence-corrected chi connectivity index (χ0v) is 30.7. The summed E-state index contributed by atoms with van der Waals surface area (Å²) < 4.78 is 5.78. The smallest absolute Gasteiger partial charge is 0.336 e. The number of esters is 1. The lowest BCUT2D eigenvalue weighted by atomic mass is 9.98. The van der Waals surface area contributed by atoms with Crippen molar-refractivity contribution >= 4 is 23.6 Å². The van der Waals surface area contributed by atoms with Crippen molar-refractivity contribution < 1.29 is 19.7 Å². The lowest BCUT2D eigenvalue weighted by Gasteiger charge is -2.14. The number of unbranched alkanes of at least 4 members (excludes halogenated alkanes) is 5. The van der Waals surface area contributed by atoms with Crippen molar-refractivity contribution in [2.75, 3.05) is 0 Å². The first kappa shape index (κ1) is 41.2. The van der Waals surface area contributed by atoms with E-state index >= 15 is 0 Å². The second-order valence-electron chi connectivity index (χ2n) is 13.2. The number of carbonyl (C=O) groups excluding carboxylic acids is 1. The van der Waals surface area contributed by atoms with Crippen molar-refractivity contribution in [2.24, 2.45) is 11.8 Å². The zero-order chi connectivity index (χ0) is 35.7. The fourth-order valence-corrected chi connectivity index (χ4v) is 5.35. The van der Waals surface area contributed by atoms with Gasteiger partial charge in [0.05, 0.1) is 5.02 Å². The molecule has 4 nitrogen and oxygen atoms in total. The van der Waals surface area contributed by atoms with Crippen molar-refractivity contribution in [1.29, 1.82) is 0 Å². The normalized spacial score (nSPS) is 12.7. The number of aromatic hydroxyl groups is 2. The van der Waals surface area contributed by atoms with Crippen LogP contribution in [0.3, 0.4) is 0 Å². The number of carbonyl (C=O) groups is 1. The van der Waals surface area contributed by atoms with Gasteiger partial charge in [-0.3, -0.25) is 0 Å². The number of halogens is 1. The van der Waals surface area contributed by atoms with Gasteiger partial charge in [0.2, 0.25) is 0 Å². The Morgan fingerprint density at radius 3 is 1.82 bits per heavy atom. The van der Waals surface area contributed by atoms with E-state index in [0.717, 1.165) is 54.7 Å². The third kappa shape index (κ3) is 19.5. The van der Waals surface area contributed by atoms with Gasteiger partial charge in [0.25, 0.3) is 0 Å². The van der Waals surface area contributed by atoms with Crippen LogP contribution in [0.15, 0.2) is 109 Å². The molecule has 0 aliphatic rings. The molecule has 0 aliphatic heterocycles. The zero-order valence-electron chi connectivity index (χ0n) is 30.0. The molecular formula is C44H57ClO4. The fraction of sp³-hybridized carbons (Fsp3) is 0.386. The van der Waals surface area contributed by atoms with Gasteiger partial charge in [-0.1, -0.05) is 169 Å². The van der Waals surface area contributed by atoms with E-state index in [2.05, 4.69) is 27.7 Å². The van der Waals surface area contributed by atoms with Crippen LogP contribution in [0.1, 0.15) is 102 Å². The third-order valence-corrected chi connectivity index (χ3v) is 8.18. The van der Waals surface area contributed by atoms with Gasteiger partial charge in [-0.25, -0.2) is 4.79 Å². The van der Waals surface area contributed by atoms with Gasteiger partial charge in [-0.05, 0) is 72.9 Å². The van der Waals surface area contributed by atoms with E-state index in [4.69, 9.17) is 16.3 Å². The van der Waals surface area contributed by atoms with Crippen LogP contribution in [-0.2, 0) is 17.6 Å². The van der Waals surface area contributed by atoms with Gasteiger partial charge >= 0.3 is 5.97 Å². The summed E-state index contributed by atoms with van der Waals surface area (Å²) in [6.07, 6.45) is 37.8. The van der Waals surface area contributed by atoms with Gasteiger partial charge < -0.3 is 14.9 Å². The van der Waals surface area contributed by atoms with Crippen molar-refractivity contribution in [3.63, 3.8) is 0 Å². The molecule has 49 heavy (non-hydrogen) atoms. The molecular weight excluding hydrogens is 628 g/mol. The Hall–Kier alpha value is -4.02. The minimum atomic E-state index is -0.460. The molecule has 0 aromatic heterocycles. The maximum absolute atomic E-state index is 12.7. The summed E-state index contributed by atoms with van der Waals surface area (Å²) in [5, 5.41) is 20.7. The van der Waals surface area contributed by atoms with Crippen LogP contribution in [0, 0.1) is 11.8 Å². The SMILES string of the molecule is CC(C)CCCCCCCCc1c(O)cc(CCCC(C)C)cc1OC(=O)C=CC=CC=CC=CC=CC=CC=Cc1ccc(O)c(Cl)c1. The van der Waals surface area contributed by atoms with Crippen molar-refractivity contribution in [1.82, 2.24) is 0 Å². The van der Waals surface area contributed by atoms with E-state index in [0.29, 0.717) is 23.1 Å². The Balaban J connectivity index is 1.85. The number of aryl methyl sites for hydroxylation is 1. The molecule has 0 bridgehead atoms. The summed E-state index contributed by atoms with van der Waals surface area (Å²) in [7, 11) is 0. The average Bonchev–Trinajstić information content (AvgIpc) is 3.04. The maximum Gasteiger partial charge on any atom is 0.336 e. The van der Waals surface area contributed by atoms with Crippen LogP contribution in [0.2, 0.25) is 5.02 Å². The summed E-state index contributed by atoms with van der Waals surface area (Å²) in [6.45, 7) is 8.97. The summed E-state index contributed by atoms with van der Waals surface area (Å²) in [5.74, 6) is 1.70. The van der Waals surface area contributed by atoms with Gasteiger partial charge in [0.1, 0.15) is 17.2 Å². The first-order chi connectivity index (χ1) is 23.7. The number of rotatable bonds is 22. The maximum atomic E-state index is 12.7. The largest absolute Gasteiger partial charge is 0.508 e. The summed E-state index contributed by atoms with van der Waals surface area (Å²) in [4.78, 5) is 12.7. The summed E-state index contributed by atoms with van der Waals surface area (Å²) >= 11 is 5.92. The molecule has 0 saturated carbocycles. The topological polar surface area (TPSA) is 66.8 Å². The van der Waals surface area contributed by atoms with E-state index in [-0.39, 0.29) is 11.5 Å². The molecule has 0 fully saturated rings. The molecule has 0 saturated heterocycles. The fourth-order valence-electron chi connectivity index (χ4n) is 5.16. The average molecular weight is 685 g/mol. The van der Waals surface area contributed by atoms with Crippen LogP contribution < -0.4 is 4.74 Å². The number of phenols is 2. The highest BCUT2D eigenvalue weighted by atomic mass is 35.5. The molecule has 0 spiro atoms. The van der Waals surface area contributed by atoms with Crippen molar-refractivity contribution in [2.45, 2.75) is 98.3 Å². The molecule has 0 amide bonds. The Labute approximate surface area is 301 Å². The standard InChI is InChI=1S/C44H57ClO4/c1-35(2)24-19-15-13-14-17-21-28-39-42(47)33-38(27-23-25-36(3)4)34-43(39)49-44(48)29-22-18-12-10-8-6-5-7-9-11-16-20-26-37-30-31-41(46)40(45)32-37/h5-12,16,18,20,22,26,29-36,46-47H,13-15,17,19,21,23-25,27-28H2,1-4H3. The molecule has 2 N–H and O–H groups in total. The number of phenolic OH excluding ortho intramolecular Hbond substituents is 2. The number of allylic oxidation sites excluding steroid dienone is 12. The number of hydrogen-bond acceptors (Lipinski definition) is 4. The Morgan fingerprint density at radius 2 is 1.20 bits per heavy atom. The van der Waals surface area contributed by atoms with Crippen LogP contribution in [0.4, 0.5) is 0 Å². The Morgan fingerprint density at radius 1 is 0.653 bits per heavy atom. The summed E-state index contributed by atoms with van der Waals surface area (Å²) in [5.41, 5.74) is 2.63. The van der Waals surface area contributed by atoms with Crippen LogP contribution in [0.5, 0.6) is 17.2 Å². The van der Waals surface area contributed by atoms with E-state index in [9.17, 15) is 15.0 Å². The molecule has 0 aliphatic carbocycles. The van der Waals surface area contributed by atoms with Crippen LogP contribution in [0.25, 0.3) is 6.08 Å². The van der Waals surface area contributed by atoms with Gasteiger partial charge in [0, 0.05) is 11.6 Å². The highest BCUT2D eigenvalue weighted by molar-refractivity contribution is 6.32. The van der Waals surface area contributed by atoms with Gasteiger partial charge in [-0.2, -0.15) is 0 Å². The van der Waals surface area contributed by atoms with E-state index in [1.54, 1.807) is 30.4 Å². The highest BCUT2D eigenvalue weighted by Gasteiger charge is 2.14. The molecule has 2 rings (SSSR count). The number of benzene rings is 2. The molecule has 0 unspecified atom stereocenters. The second-order valence-corrected chi connectivity index (χ2v) is 13.6. The first-order valence-corrected chi connectivity index (χ1v) is 18.3. The predicted octanol–water partition coefficient (Wildman–Crippen LogP) is 12.6. The van der Waals surface area contributed by atoms with Crippen LogP contribution in [-0.4, -0.2) is 16.2 Å². The minimum absolute atomic E-state index is 0.0739.